The van der Waals surface area contributed by atoms with Crippen LogP contribution >= 0.6 is 0 Å². The number of fused-ring (bicyclic) bond motifs is 1. The second kappa shape index (κ2) is 10.6. The lowest BCUT2D eigenvalue weighted by molar-refractivity contribution is 0.0846. The lowest BCUT2D eigenvalue weighted by atomic mass is 9.92. The zero-order valence-corrected chi connectivity index (χ0v) is 21.4. The van der Waals surface area contributed by atoms with E-state index in [-0.39, 0.29) is 17.8 Å². The number of H-pyrrole nitrogens is 1. The largest absolute Gasteiger partial charge is 0.496 e. The molecule has 0 unspecified atom stereocenters. The number of nitrogens with zero attached hydrogens (tertiary/aromatic N) is 3. The van der Waals surface area contributed by atoms with Crippen LogP contribution in [-0.2, 0) is 24.6 Å². The van der Waals surface area contributed by atoms with E-state index in [1.165, 1.54) is 0 Å². The summed E-state index contributed by atoms with van der Waals surface area (Å²) in [5.74, 6) is 0.547. The molecule has 35 heavy (non-hydrogen) atoms. The van der Waals surface area contributed by atoms with Gasteiger partial charge in [-0.15, -0.1) is 0 Å². The normalized spacial score (nSPS) is 14.4. The third kappa shape index (κ3) is 4.85. The highest BCUT2D eigenvalue weighted by atomic mass is 16.5. The highest BCUT2D eigenvalue weighted by molar-refractivity contribution is 6.06. The summed E-state index contributed by atoms with van der Waals surface area (Å²) in [5, 5.41) is 5.60. The molecular weight excluding hydrogens is 444 g/mol. The van der Waals surface area contributed by atoms with Crippen molar-refractivity contribution in [3.05, 3.63) is 51.1 Å². The quantitative estimate of drug-likeness (QED) is 0.466. The number of nitrogens with one attached hydrogen (secondary N) is 1. The zero-order valence-electron chi connectivity index (χ0n) is 21.4. The van der Waals surface area contributed by atoms with E-state index >= 15 is 0 Å². The van der Waals surface area contributed by atoms with Crippen LogP contribution in [0.1, 0.15) is 60.3 Å². The Morgan fingerprint density at radius 3 is 2.66 bits per heavy atom. The highest BCUT2D eigenvalue weighted by Gasteiger charge is 2.28. The number of rotatable bonds is 9. The molecule has 2 aromatic heterocycles. The van der Waals surface area contributed by atoms with Crippen LogP contribution in [0.2, 0.25) is 0 Å². The Bertz CT molecular complexity index is 1270. The highest BCUT2D eigenvalue weighted by Crippen LogP contribution is 2.37. The van der Waals surface area contributed by atoms with Crippen molar-refractivity contribution in [1.29, 1.82) is 0 Å². The van der Waals surface area contributed by atoms with E-state index < -0.39 is 0 Å². The van der Waals surface area contributed by atoms with Crippen molar-refractivity contribution in [3.8, 4) is 5.75 Å². The molecule has 0 saturated carbocycles. The average Bonchev–Trinajstić information content (AvgIpc) is 3.23. The number of Topliss-reactive ketones (excluding diaryl/α,β-unsaturated/α-hetero) is 1. The number of hydrogen-bond acceptors (Lipinski definition) is 6. The van der Waals surface area contributed by atoms with Gasteiger partial charge in [0.25, 0.3) is 5.56 Å². The number of methoxy groups -OCH3 is 1. The fourth-order valence-corrected chi connectivity index (χ4v) is 5.32. The fourth-order valence-electron chi connectivity index (χ4n) is 5.32. The molecule has 1 saturated heterocycles. The summed E-state index contributed by atoms with van der Waals surface area (Å²) in [4.78, 5) is 31.5. The number of ether oxygens (including phenoxy) is 2. The van der Waals surface area contributed by atoms with Crippen molar-refractivity contribution >= 4 is 22.4 Å². The minimum Gasteiger partial charge on any atom is -0.496 e. The smallest absolute Gasteiger partial charge is 0.255 e. The van der Waals surface area contributed by atoms with E-state index in [1.54, 1.807) is 13.2 Å². The average molecular weight is 481 g/mol. The lowest BCUT2D eigenvalue weighted by Crippen LogP contribution is -2.40. The number of carbonyl (C=O) groups is 1. The van der Waals surface area contributed by atoms with Gasteiger partial charge in [0.05, 0.1) is 30.1 Å². The molecule has 1 N–H and O–H groups in total. The van der Waals surface area contributed by atoms with E-state index in [1.807, 2.05) is 30.9 Å². The van der Waals surface area contributed by atoms with Gasteiger partial charge in [0.1, 0.15) is 5.75 Å². The molecule has 0 atom stereocenters. The fraction of sp³-hybridized carbons (Fsp3) is 0.519. The first-order valence-corrected chi connectivity index (χ1v) is 12.5. The van der Waals surface area contributed by atoms with Gasteiger partial charge in [-0.1, -0.05) is 6.92 Å². The van der Waals surface area contributed by atoms with Crippen molar-refractivity contribution in [2.75, 3.05) is 31.8 Å². The van der Waals surface area contributed by atoms with Gasteiger partial charge in [0.2, 0.25) is 0 Å². The summed E-state index contributed by atoms with van der Waals surface area (Å²) < 4.78 is 12.9. The maximum Gasteiger partial charge on any atom is 0.255 e. The number of aromatic amines is 1. The molecule has 0 spiro atoms. The second-order valence-electron chi connectivity index (χ2n) is 9.19. The Kier molecular flexibility index (Phi) is 7.60. The molecule has 0 amide bonds. The molecule has 4 rings (SSSR count). The molecule has 188 valence electrons. The van der Waals surface area contributed by atoms with E-state index in [2.05, 4.69) is 28.8 Å². The predicted octanol–water partition coefficient (Wildman–Crippen LogP) is 3.96. The first kappa shape index (κ1) is 25.0. The Morgan fingerprint density at radius 1 is 1.26 bits per heavy atom. The Labute approximate surface area is 206 Å². The van der Waals surface area contributed by atoms with Gasteiger partial charge in [-0.05, 0) is 57.2 Å². The van der Waals surface area contributed by atoms with E-state index in [4.69, 9.17) is 9.47 Å². The molecule has 1 aliphatic rings. The number of anilines is 1. The summed E-state index contributed by atoms with van der Waals surface area (Å²) in [5.41, 5.74) is 4.85. The number of benzene rings is 1. The SMILES string of the molecule is CCc1c(C(=O)CCc2c(OC)cc(C)[nH]c2=O)cc2c(cnn2C)c1N(CC)C1CCOCC1. The van der Waals surface area contributed by atoms with E-state index in [9.17, 15) is 9.59 Å². The predicted molar refractivity (Wildman–Crippen MR) is 138 cm³/mol. The summed E-state index contributed by atoms with van der Waals surface area (Å²) in [6.07, 6.45) is 5.12. The molecule has 1 aromatic carbocycles. The molecule has 0 radical (unpaired) electrons. The van der Waals surface area contributed by atoms with Crippen LogP contribution in [-0.4, -0.2) is 53.5 Å². The second-order valence-corrected chi connectivity index (χ2v) is 9.19. The molecule has 0 aliphatic carbocycles. The minimum atomic E-state index is -0.204. The maximum atomic E-state index is 13.7. The van der Waals surface area contributed by atoms with Crippen molar-refractivity contribution < 1.29 is 14.3 Å². The van der Waals surface area contributed by atoms with Gasteiger partial charge in [-0.2, -0.15) is 5.10 Å². The number of carbonyl (C=O) groups excluding carboxylic acids is 1. The molecular formula is C27H36N4O4. The van der Waals surface area contributed by atoms with Gasteiger partial charge in [0.15, 0.2) is 5.78 Å². The third-order valence-corrected chi connectivity index (χ3v) is 7.10. The molecule has 3 aromatic rings. The summed E-state index contributed by atoms with van der Waals surface area (Å²) in [6.45, 7) is 8.43. The van der Waals surface area contributed by atoms with Crippen molar-refractivity contribution in [2.45, 2.75) is 58.9 Å². The van der Waals surface area contributed by atoms with Crippen molar-refractivity contribution in [3.63, 3.8) is 0 Å². The van der Waals surface area contributed by atoms with Crippen molar-refractivity contribution in [2.24, 2.45) is 7.05 Å². The molecule has 0 bridgehead atoms. The van der Waals surface area contributed by atoms with Gasteiger partial charge >= 0.3 is 0 Å². The standard InChI is InChI=1S/C27H36N4O4/c1-6-19-21(24(32)9-8-20-25(34-5)14-17(3)29-27(20)33)15-23-22(16-28-30(23)4)26(19)31(7-2)18-10-12-35-13-11-18/h14-16,18H,6-13H2,1-5H3,(H,29,33). The van der Waals surface area contributed by atoms with Crippen molar-refractivity contribution in [1.82, 2.24) is 14.8 Å². The first-order chi connectivity index (χ1) is 16.9. The Morgan fingerprint density at radius 2 is 2.00 bits per heavy atom. The van der Waals surface area contributed by atoms with Crippen LogP contribution in [0.15, 0.2) is 23.1 Å². The molecule has 1 fully saturated rings. The van der Waals surface area contributed by atoms with Crippen LogP contribution < -0.4 is 15.2 Å². The van der Waals surface area contributed by atoms with Gasteiger partial charge in [-0.25, -0.2) is 0 Å². The van der Waals surface area contributed by atoms with E-state index in [0.717, 1.165) is 66.9 Å². The van der Waals surface area contributed by atoms with Crippen LogP contribution in [0, 0.1) is 6.92 Å². The summed E-state index contributed by atoms with van der Waals surface area (Å²) in [7, 11) is 3.46. The molecule has 1 aliphatic heterocycles. The van der Waals surface area contributed by atoms with Crippen LogP contribution in [0.4, 0.5) is 5.69 Å². The summed E-state index contributed by atoms with van der Waals surface area (Å²) >= 11 is 0. The minimum absolute atomic E-state index is 0.0243. The number of pyridine rings is 1. The Balaban J connectivity index is 1.76. The van der Waals surface area contributed by atoms with Crippen LogP contribution in [0.5, 0.6) is 5.75 Å². The van der Waals surface area contributed by atoms with Gasteiger partial charge in [-0.3, -0.25) is 14.3 Å². The number of aryl methyl sites for hydroxylation is 2. The number of hydrogen-bond donors (Lipinski definition) is 1. The maximum absolute atomic E-state index is 13.7. The molecule has 8 nitrogen and oxygen atoms in total. The van der Waals surface area contributed by atoms with Crippen LogP contribution in [0.25, 0.3) is 10.9 Å². The monoisotopic (exact) mass is 480 g/mol. The molecule has 3 heterocycles. The van der Waals surface area contributed by atoms with Gasteiger partial charge < -0.3 is 19.4 Å². The van der Waals surface area contributed by atoms with E-state index in [0.29, 0.717) is 29.3 Å². The molecule has 8 heteroatoms. The number of aromatic nitrogens is 3. The summed E-state index contributed by atoms with van der Waals surface area (Å²) in [6, 6.07) is 4.13. The lowest BCUT2D eigenvalue weighted by Gasteiger charge is -2.37. The third-order valence-electron chi connectivity index (χ3n) is 7.10. The number of ketones is 1. The van der Waals surface area contributed by atoms with Gasteiger partial charge in [0, 0.05) is 55.9 Å². The first-order valence-electron chi connectivity index (χ1n) is 12.5. The Hall–Kier alpha value is -3.13. The zero-order chi connectivity index (χ0) is 25.1. The van der Waals surface area contributed by atoms with Crippen LogP contribution in [0.3, 0.4) is 0 Å². The topological polar surface area (TPSA) is 89.5 Å².